The van der Waals surface area contributed by atoms with Crippen molar-refractivity contribution in [2.24, 2.45) is 5.73 Å². The van der Waals surface area contributed by atoms with E-state index in [1.807, 2.05) is 13.1 Å². The Hall–Kier alpha value is -1.34. The van der Waals surface area contributed by atoms with E-state index < -0.39 is 0 Å². The van der Waals surface area contributed by atoms with Crippen molar-refractivity contribution in [1.29, 1.82) is 0 Å². The third-order valence-corrected chi connectivity index (χ3v) is 3.56. The maximum absolute atomic E-state index is 5.82. The SMILES string of the molecule is CNc1cc(OCCOCCOCCOCCN)cc(C(C)(C)C)c1. The van der Waals surface area contributed by atoms with Crippen molar-refractivity contribution in [3.8, 4) is 5.75 Å². The smallest absolute Gasteiger partial charge is 0.121 e. The molecule has 0 atom stereocenters. The largest absolute Gasteiger partial charge is 0.491 e. The molecule has 0 fully saturated rings. The lowest BCUT2D eigenvalue weighted by molar-refractivity contribution is 0.0106. The van der Waals surface area contributed by atoms with Crippen LogP contribution in [0.25, 0.3) is 0 Å². The molecule has 6 nitrogen and oxygen atoms in total. The van der Waals surface area contributed by atoms with Crippen LogP contribution in [0, 0.1) is 0 Å². The number of hydrogen-bond donors (Lipinski definition) is 2. The molecule has 1 aromatic rings. The molecule has 25 heavy (non-hydrogen) atoms. The van der Waals surface area contributed by atoms with Gasteiger partial charge in [-0.25, -0.2) is 0 Å². The standard InChI is InChI=1S/C19H34N2O4/c1-19(2,3)16-13-17(21-4)15-18(14-16)25-12-11-24-10-9-23-8-7-22-6-5-20/h13-15,21H,5-12,20H2,1-4H3. The predicted molar refractivity (Wildman–Crippen MR) is 102 cm³/mol. The lowest BCUT2D eigenvalue weighted by atomic mass is 9.86. The van der Waals surface area contributed by atoms with Crippen molar-refractivity contribution in [1.82, 2.24) is 0 Å². The molecule has 0 bridgehead atoms. The molecule has 0 aliphatic heterocycles. The molecule has 6 heteroatoms. The minimum absolute atomic E-state index is 0.0761. The Kier molecular flexibility index (Phi) is 10.5. The molecule has 0 radical (unpaired) electrons. The second kappa shape index (κ2) is 12.1. The average Bonchev–Trinajstić information content (AvgIpc) is 2.58. The summed E-state index contributed by atoms with van der Waals surface area (Å²) in [5.74, 6) is 0.855. The molecule has 0 aliphatic carbocycles. The van der Waals surface area contributed by atoms with Crippen molar-refractivity contribution in [3.63, 3.8) is 0 Å². The van der Waals surface area contributed by atoms with Crippen LogP contribution in [0.2, 0.25) is 0 Å². The van der Waals surface area contributed by atoms with Crippen molar-refractivity contribution in [2.45, 2.75) is 26.2 Å². The molecule has 3 N–H and O–H groups in total. The van der Waals surface area contributed by atoms with E-state index in [1.54, 1.807) is 0 Å². The van der Waals surface area contributed by atoms with Crippen LogP contribution in [0.1, 0.15) is 26.3 Å². The molecular formula is C19H34N2O4. The van der Waals surface area contributed by atoms with Gasteiger partial charge in [-0.15, -0.1) is 0 Å². The maximum atomic E-state index is 5.82. The molecule has 0 saturated heterocycles. The van der Waals surface area contributed by atoms with Gasteiger partial charge in [0.1, 0.15) is 12.4 Å². The quantitative estimate of drug-likeness (QED) is 0.530. The molecule has 1 aromatic carbocycles. The van der Waals surface area contributed by atoms with Crippen LogP contribution in [0.4, 0.5) is 5.69 Å². The maximum Gasteiger partial charge on any atom is 0.121 e. The van der Waals surface area contributed by atoms with Gasteiger partial charge >= 0.3 is 0 Å². The Morgan fingerprint density at radius 1 is 0.840 bits per heavy atom. The van der Waals surface area contributed by atoms with Crippen LogP contribution in [0.5, 0.6) is 5.75 Å². The summed E-state index contributed by atoms with van der Waals surface area (Å²) in [5, 5.41) is 3.18. The molecule has 0 spiro atoms. The van der Waals surface area contributed by atoms with E-state index in [9.17, 15) is 0 Å². The van der Waals surface area contributed by atoms with E-state index in [-0.39, 0.29) is 5.41 Å². The summed E-state index contributed by atoms with van der Waals surface area (Å²) in [6.45, 7) is 10.9. The van der Waals surface area contributed by atoms with Crippen molar-refractivity contribution < 1.29 is 18.9 Å². The van der Waals surface area contributed by atoms with Crippen LogP contribution in [0.3, 0.4) is 0 Å². The number of rotatable bonds is 13. The van der Waals surface area contributed by atoms with Gasteiger partial charge in [0.05, 0.1) is 39.6 Å². The first-order chi connectivity index (χ1) is 12.0. The zero-order valence-electron chi connectivity index (χ0n) is 16.1. The van der Waals surface area contributed by atoms with Crippen LogP contribution in [-0.2, 0) is 19.6 Å². The molecule has 0 saturated carbocycles. The summed E-state index contributed by atoms with van der Waals surface area (Å²) in [5.41, 5.74) is 7.69. The van der Waals surface area contributed by atoms with Gasteiger partial charge in [-0.3, -0.25) is 0 Å². The molecule has 0 aromatic heterocycles. The fourth-order valence-electron chi connectivity index (χ4n) is 2.10. The Balaban J connectivity index is 2.19. The van der Waals surface area contributed by atoms with E-state index in [0.29, 0.717) is 52.8 Å². The van der Waals surface area contributed by atoms with E-state index in [1.165, 1.54) is 5.56 Å². The number of nitrogens with one attached hydrogen (secondary N) is 1. The van der Waals surface area contributed by atoms with Crippen molar-refractivity contribution in [3.05, 3.63) is 23.8 Å². The molecule has 0 heterocycles. The van der Waals surface area contributed by atoms with Crippen molar-refractivity contribution in [2.75, 3.05) is 65.2 Å². The second-order valence-corrected chi connectivity index (χ2v) is 6.72. The summed E-state index contributed by atoms with van der Waals surface area (Å²) in [4.78, 5) is 0. The summed E-state index contributed by atoms with van der Waals surface area (Å²) < 4.78 is 21.9. The minimum atomic E-state index is 0.0761. The number of nitrogens with two attached hydrogens (primary N) is 1. The zero-order chi connectivity index (χ0) is 18.5. The number of benzene rings is 1. The number of anilines is 1. The number of hydrogen-bond acceptors (Lipinski definition) is 6. The Bertz CT molecular complexity index is 475. The van der Waals surface area contributed by atoms with Crippen LogP contribution < -0.4 is 15.8 Å². The van der Waals surface area contributed by atoms with E-state index in [2.05, 4.69) is 38.2 Å². The monoisotopic (exact) mass is 354 g/mol. The van der Waals surface area contributed by atoms with Gasteiger partial charge in [0, 0.05) is 25.3 Å². The van der Waals surface area contributed by atoms with Crippen molar-refractivity contribution >= 4 is 5.69 Å². The van der Waals surface area contributed by atoms with Crippen LogP contribution in [-0.4, -0.2) is 59.8 Å². The van der Waals surface area contributed by atoms with E-state index in [4.69, 9.17) is 24.7 Å². The topological polar surface area (TPSA) is 75.0 Å². The Morgan fingerprint density at radius 2 is 1.40 bits per heavy atom. The first-order valence-corrected chi connectivity index (χ1v) is 8.87. The lowest BCUT2D eigenvalue weighted by Gasteiger charge is -2.21. The van der Waals surface area contributed by atoms with E-state index >= 15 is 0 Å². The Morgan fingerprint density at radius 3 is 1.92 bits per heavy atom. The highest BCUT2D eigenvalue weighted by Crippen LogP contribution is 2.29. The van der Waals surface area contributed by atoms with Gasteiger partial charge in [-0.1, -0.05) is 20.8 Å². The molecular weight excluding hydrogens is 320 g/mol. The molecule has 0 aliphatic rings. The van der Waals surface area contributed by atoms with E-state index in [0.717, 1.165) is 11.4 Å². The average molecular weight is 354 g/mol. The van der Waals surface area contributed by atoms with Gasteiger partial charge < -0.3 is 30.0 Å². The summed E-state index contributed by atoms with van der Waals surface area (Å²) >= 11 is 0. The fraction of sp³-hybridized carbons (Fsp3) is 0.684. The van der Waals surface area contributed by atoms with Gasteiger partial charge in [-0.2, -0.15) is 0 Å². The molecule has 0 unspecified atom stereocenters. The normalized spacial score (nSPS) is 11.6. The van der Waals surface area contributed by atoms with Crippen LogP contribution in [0.15, 0.2) is 18.2 Å². The minimum Gasteiger partial charge on any atom is -0.491 e. The third kappa shape index (κ3) is 9.65. The van der Waals surface area contributed by atoms with Gasteiger partial charge in [0.15, 0.2) is 0 Å². The summed E-state index contributed by atoms with van der Waals surface area (Å²) in [6.07, 6.45) is 0. The highest BCUT2D eigenvalue weighted by Gasteiger charge is 2.15. The van der Waals surface area contributed by atoms with Crippen LogP contribution >= 0.6 is 0 Å². The molecule has 1 rings (SSSR count). The fourth-order valence-corrected chi connectivity index (χ4v) is 2.10. The predicted octanol–water partition coefficient (Wildman–Crippen LogP) is 2.41. The molecule has 144 valence electrons. The van der Waals surface area contributed by atoms with Gasteiger partial charge in [0.2, 0.25) is 0 Å². The number of ether oxygens (including phenoxy) is 4. The summed E-state index contributed by atoms with van der Waals surface area (Å²) in [7, 11) is 1.91. The first-order valence-electron chi connectivity index (χ1n) is 8.87. The lowest BCUT2D eigenvalue weighted by Crippen LogP contribution is -2.15. The van der Waals surface area contributed by atoms with Gasteiger partial charge in [-0.05, 0) is 23.1 Å². The zero-order valence-corrected chi connectivity index (χ0v) is 16.1. The molecule has 0 amide bonds. The second-order valence-electron chi connectivity index (χ2n) is 6.72. The summed E-state index contributed by atoms with van der Waals surface area (Å²) in [6, 6.07) is 6.24. The first kappa shape index (κ1) is 21.7. The highest BCUT2D eigenvalue weighted by molar-refractivity contribution is 5.52. The Labute approximate surface area is 152 Å². The van der Waals surface area contributed by atoms with Gasteiger partial charge in [0.25, 0.3) is 0 Å². The third-order valence-electron chi connectivity index (χ3n) is 3.56. The highest BCUT2D eigenvalue weighted by atomic mass is 16.6.